The molecule has 1 fully saturated rings. The average Bonchev–Trinajstić information content (AvgIpc) is 2.48. The van der Waals surface area contributed by atoms with Crippen LogP contribution < -0.4 is 5.32 Å². The SMILES string of the molecule is CCN1CCC(CNCc2cc(Cl)ccc2[N+](=O)[O-])CC1. The van der Waals surface area contributed by atoms with Crippen LogP contribution in [0.4, 0.5) is 5.69 Å². The molecule has 0 saturated carbocycles. The van der Waals surface area contributed by atoms with E-state index < -0.39 is 0 Å². The Hall–Kier alpha value is -1.17. The number of hydrogen-bond acceptors (Lipinski definition) is 4. The van der Waals surface area contributed by atoms with Crippen LogP contribution in [0.25, 0.3) is 0 Å². The van der Waals surface area contributed by atoms with E-state index in [1.807, 2.05) is 0 Å². The highest BCUT2D eigenvalue weighted by molar-refractivity contribution is 6.30. The summed E-state index contributed by atoms with van der Waals surface area (Å²) in [6.07, 6.45) is 2.39. The summed E-state index contributed by atoms with van der Waals surface area (Å²) < 4.78 is 0. The van der Waals surface area contributed by atoms with E-state index in [1.54, 1.807) is 12.1 Å². The zero-order valence-corrected chi connectivity index (χ0v) is 13.1. The van der Waals surface area contributed by atoms with Crippen LogP contribution in [0.3, 0.4) is 0 Å². The van der Waals surface area contributed by atoms with Crippen LogP contribution in [0.5, 0.6) is 0 Å². The highest BCUT2D eigenvalue weighted by Crippen LogP contribution is 2.23. The Kier molecular flexibility index (Phi) is 5.96. The Labute approximate surface area is 130 Å². The Balaban J connectivity index is 1.84. The molecule has 0 unspecified atom stereocenters. The summed E-state index contributed by atoms with van der Waals surface area (Å²) in [6.45, 7) is 7.01. The zero-order valence-electron chi connectivity index (χ0n) is 12.3. The number of piperidine rings is 1. The second kappa shape index (κ2) is 7.73. The Morgan fingerprint density at radius 1 is 1.43 bits per heavy atom. The Morgan fingerprint density at radius 3 is 2.76 bits per heavy atom. The molecule has 0 amide bonds. The lowest BCUT2D eigenvalue weighted by Crippen LogP contribution is -2.37. The predicted octanol–water partition coefficient (Wildman–Crippen LogP) is 3.07. The van der Waals surface area contributed by atoms with E-state index in [0.717, 1.165) is 26.2 Å². The third-order valence-corrected chi connectivity index (χ3v) is 4.38. The number of likely N-dealkylation sites (tertiary alicyclic amines) is 1. The molecule has 1 aromatic carbocycles. The third-order valence-electron chi connectivity index (χ3n) is 4.14. The van der Waals surface area contributed by atoms with Gasteiger partial charge >= 0.3 is 0 Å². The minimum absolute atomic E-state index is 0.132. The largest absolute Gasteiger partial charge is 0.312 e. The lowest BCUT2D eigenvalue weighted by Gasteiger charge is -2.31. The van der Waals surface area contributed by atoms with Crippen molar-refractivity contribution in [3.05, 3.63) is 38.9 Å². The second-order valence-corrected chi connectivity index (χ2v) is 5.98. The number of rotatable bonds is 6. The molecule has 1 aromatic rings. The first-order valence-electron chi connectivity index (χ1n) is 7.46. The molecular weight excluding hydrogens is 290 g/mol. The molecule has 1 heterocycles. The van der Waals surface area contributed by atoms with E-state index in [2.05, 4.69) is 17.1 Å². The highest BCUT2D eigenvalue weighted by Gasteiger charge is 2.18. The molecule has 0 radical (unpaired) electrons. The van der Waals surface area contributed by atoms with E-state index in [-0.39, 0.29) is 10.6 Å². The third kappa shape index (κ3) is 4.66. The first-order chi connectivity index (χ1) is 10.1. The van der Waals surface area contributed by atoms with E-state index in [0.29, 0.717) is 23.0 Å². The van der Waals surface area contributed by atoms with Crippen molar-refractivity contribution in [2.24, 2.45) is 5.92 Å². The van der Waals surface area contributed by atoms with Crippen molar-refractivity contribution in [1.82, 2.24) is 10.2 Å². The van der Waals surface area contributed by atoms with Gasteiger partial charge in [-0.15, -0.1) is 0 Å². The van der Waals surface area contributed by atoms with Crippen LogP contribution in [0.15, 0.2) is 18.2 Å². The van der Waals surface area contributed by atoms with Crippen LogP contribution in [-0.2, 0) is 6.54 Å². The lowest BCUT2D eigenvalue weighted by atomic mass is 9.97. The van der Waals surface area contributed by atoms with E-state index >= 15 is 0 Å². The molecule has 21 heavy (non-hydrogen) atoms. The smallest absolute Gasteiger partial charge is 0.273 e. The van der Waals surface area contributed by atoms with Gasteiger partial charge in [0.1, 0.15) is 0 Å². The first-order valence-corrected chi connectivity index (χ1v) is 7.83. The molecule has 6 heteroatoms. The van der Waals surface area contributed by atoms with Crippen molar-refractivity contribution in [3.8, 4) is 0 Å². The number of nitro benzene ring substituents is 1. The van der Waals surface area contributed by atoms with Crippen LogP contribution in [0.1, 0.15) is 25.3 Å². The number of nitrogens with zero attached hydrogens (tertiary/aromatic N) is 2. The van der Waals surface area contributed by atoms with Gasteiger partial charge in [0.15, 0.2) is 0 Å². The monoisotopic (exact) mass is 311 g/mol. The summed E-state index contributed by atoms with van der Waals surface area (Å²) in [5.41, 5.74) is 0.784. The summed E-state index contributed by atoms with van der Waals surface area (Å²) in [5.74, 6) is 0.658. The molecule has 1 saturated heterocycles. The zero-order chi connectivity index (χ0) is 15.2. The number of nitrogens with one attached hydrogen (secondary N) is 1. The maximum Gasteiger partial charge on any atom is 0.273 e. The molecule has 5 nitrogen and oxygen atoms in total. The fourth-order valence-corrected chi connectivity index (χ4v) is 2.99. The van der Waals surface area contributed by atoms with Gasteiger partial charge in [-0.05, 0) is 57.1 Å². The molecule has 0 bridgehead atoms. The number of halogens is 1. The van der Waals surface area contributed by atoms with Crippen LogP contribution in [0, 0.1) is 16.0 Å². The molecule has 2 rings (SSSR count). The van der Waals surface area contributed by atoms with Crippen LogP contribution in [0.2, 0.25) is 5.02 Å². The molecular formula is C15H22ClN3O2. The molecule has 0 spiro atoms. The Bertz CT molecular complexity index is 488. The summed E-state index contributed by atoms with van der Waals surface area (Å²) in [7, 11) is 0. The van der Waals surface area contributed by atoms with Gasteiger partial charge in [0.2, 0.25) is 0 Å². The molecule has 1 aliphatic rings. The van der Waals surface area contributed by atoms with Crippen molar-refractivity contribution in [2.75, 3.05) is 26.2 Å². The number of nitro groups is 1. The van der Waals surface area contributed by atoms with Crippen LogP contribution >= 0.6 is 11.6 Å². The van der Waals surface area contributed by atoms with Gasteiger partial charge in [0, 0.05) is 23.2 Å². The molecule has 0 aromatic heterocycles. The average molecular weight is 312 g/mol. The standard InChI is InChI=1S/C15H22ClN3O2/c1-2-18-7-5-12(6-8-18)10-17-11-13-9-14(16)3-4-15(13)19(20)21/h3-4,9,12,17H,2,5-8,10-11H2,1H3. The minimum atomic E-state index is -0.354. The van der Waals surface area contributed by atoms with E-state index in [9.17, 15) is 10.1 Å². The van der Waals surface area contributed by atoms with Crippen molar-refractivity contribution in [1.29, 1.82) is 0 Å². The number of hydrogen-bond donors (Lipinski definition) is 1. The van der Waals surface area contributed by atoms with Gasteiger partial charge in [-0.3, -0.25) is 10.1 Å². The van der Waals surface area contributed by atoms with E-state index in [1.165, 1.54) is 18.9 Å². The summed E-state index contributed by atoms with van der Waals surface area (Å²) >= 11 is 5.93. The maximum atomic E-state index is 11.0. The maximum absolute atomic E-state index is 11.0. The van der Waals surface area contributed by atoms with E-state index in [4.69, 9.17) is 11.6 Å². The number of benzene rings is 1. The molecule has 116 valence electrons. The van der Waals surface area contributed by atoms with Crippen LogP contribution in [-0.4, -0.2) is 36.0 Å². The first kappa shape index (κ1) is 16.2. The highest BCUT2D eigenvalue weighted by atomic mass is 35.5. The van der Waals surface area contributed by atoms with Gasteiger partial charge in [0.25, 0.3) is 5.69 Å². The van der Waals surface area contributed by atoms with Gasteiger partial charge in [-0.2, -0.15) is 0 Å². The normalized spacial score (nSPS) is 17.0. The van der Waals surface area contributed by atoms with Crippen molar-refractivity contribution >= 4 is 17.3 Å². The molecule has 1 aliphatic heterocycles. The molecule has 0 aliphatic carbocycles. The van der Waals surface area contributed by atoms with Crippen molar-refractivity contribution in [2.45, 2.75) is 26.3 Å². The Morgan fingerprint density at radius 2 is 2.14 bits per heavy atom. The molecule has 1 N–H and O–H groups in total. The minimum Gasteiger partial charge on any atom is -0.312 e. The van der Waals surface area contributed by atoms with Crippen molar-refractivity contribution in [3.63, 3.8) is 0 Å². The van der Waals surface area contributed by atoms with Gasteiger partial charge in [-0.25, -0.2) is 0 Å². The fourth-order valence-electron chi connectivity index (χ4n) is 2.79. The summed E-state index contributed by atoms with van der Waals surface area (Å²) in [4.78, 5) is 13.1. The van der Waals surface area contributed by atoms with Gasteiger partial charge in [0.05, 0.1) is 4.92 Å². The lowest BCUT2D eigenvalue weighted by molar-refractivity contribution is -0.385. The van der Waals surface area contributed by atoms with Gasteiger partial charge in [-0.1, -0.05) is 18.5 Å². The second-order valence-electron chi connectivity index (χ2n) is 5.54. The van der Waals surface area contributed by atoms with Gasteiger partial charge < -0.3 is 10.2 Å². The quantitative estimate of drug-likeness (QED) is 0.648. The summed E-state index contributed by atoms with van der Waals surface area (Å²) in [6, 6.07) is 4.70. The predicted molar refractivity (Wildman–Crippen MR) is 84.7 cm³/mol. The molecule has 0 atom stereocenters. The fraction of sp³-hybridized carbons (Fsp3) is 0.600. The van der Waals surface area contributed by atoms with Crippen molar-refractivity contribution < 1.29 is 4.92 Å². The topological polar surface area (TPSA) is 58.4 Å². The summed E-state index contributed by atoms with van der Waals surface area (Å²) in [5, 5.41) is 14.9.